The summed E-state index contributed by atoms with van der Waals surface area (Å²) >= 11 is 0. The maximum absolute atomic E-state index is 14.0. The molecule has 0 bridgehead atoms. The van der Waals surface area contributed by atoms with Gasteiger partial charge in [-0.1, -0.05) is 19.9 Å². The molecule has 9 heteroatoms. The van der Waals surface area contributed by atoms with Crippen molar-refractivity contribution in [2.24, 2.45) is 11.8 Å². The SMILES string of the molecule is COc1cccc2c1C(=O)N1C(CN(CC3CCNCC3)C(=O)[C@@H]1CC(C)C)N2C(=O)c1ccco1. The number of rotatable bonds is 6. The fourth-order valence-corrected chi connectivity index (χ4v) is 5.76. The summed E-state index contributed by atoms with van der Waals surface area (Å²) in [5.74, 6) is 0.451. The Kier molecular flexibility index (Phi) is 6.75. The van der Waals surface area contributed by atoms with E-state index in [0.717, 1.165) is 25.9 Å². The van der Waals surface area contributed by atoms with Gasteiger partial charge in [0, 0.05) is 6.54 Å². The molecule has 3 aliphatic heterocycles. The second kappa shape index (κ2) is 9.97. The Morgan fingerprint density at radius 3 is 2.61 bits per heavy atom. The fourth-order valence-electron chi connectivity index (χ4n) is 5.76. The first-order valence-corrected chi connectivity index (χ1v) is 12.8. The average Bonchev–Trinajstić information content (AvgIpc) is 3.41. The monoisotopic (exact) mass is 494 g/mol. The maximum atomic E-state index is 14.0. The lowest BCUT2D eigenvalue weighted by Gasteiger charge is -2.53. The van der Waals surface area contributed by atoms with Crippen molar-refractivity contribution >= 4 is 23.4 Å². The minimum Gasteiger partial charge on any atom is -0.496 e. The number of carbonyl (C=O) groups is 3. The first-order chi connectivity index (χ1) is 17.4. The molecular weight excluding hydrogens is 460 g/mol. The summed E-state index contributed by atoms with van der Waals surface area (Å²) in [6.07, 6.45) is 3.33. The van der Waals surface area contributed by atoms with Crippen LogP contribution in [0.4, 0.5) is 5.69 Å². The average molecular weight is 495 g/mol. The van der Waals surface area contributed by atoms with Crippen molar-refractivity contribution in [2.75, 3.05) is 38.2 Å². The highest BCUT2D eigenvalue weighted by molar-refractivity contribution is 6.14. The number of fused-ring (bicyclic) bond motifs is 2. The van der Waals surface area contributed by atoms with Crippen LogP contribution in [-0.4, -0.2) is 73.0 Å². The summed E-state index contributed by atoms with van der Waals surface area (Å²) in [5.41, 5.74) is 0.769. The van der Waals surface area contributed by atoms with E-state index >= 15 is 0 Å². The van der Waals surface area contributed by atoms with Crippen molar-refractivity contribution in [2.45, 2.75) is 45.3 Å². The van der Waals surface area contributed by atoms with E-state index in [-0.39, 0.29) is 35.9 Å². The Balaban J connectivity index is 1.61. The molecule has 2 fully saturated rings. The van der Waals surface area contributed by atoms with Gasteiger partial charge in [-0.3, -0.25) is 19.3 Å². The standard InChI is InChI=1S/C27H34N4O5/c1-17(2)14-20-25(32)29(15-18-9-11-28-12-10-18)16-23-30(26(33)22-8-5-13-36-22)19-6-4-7-21(35-3)24(19)27(34)31(20)23/h4-8,13,17-18,20,23,28H,9-12,14-16H2,1-3H3/t20-,23?/m0/s1. The van der Waals surface area contributed by atoms with E-state index in [4.69, 9.17) is 9.15 Å². The molecular formula is C27H34N4O5. The number of nitrogens with one attached hydrogen (secondary N) is 1. The van der Waals surface area contributed by atoms with Crippen LogP contribution in [0.15, 0.2) is 41.0 Å². The number of piperidine rings is 1. The van der Waals surface area contributed by atoms with Gasteiger partial charge in [0.25, 0.3) is 11.8 Å². The lowest BCUT2D eigenvalue weighted by molar-refractivity contribution is -0.144. The van der Waals surface area contributed by atoms with Crippen molar-refractivity contribution in [3.63, 3.8) is 0 Å². The predicted octanol–water partition coefficient (Wildman–Crippen LogP) is 2.97. The molecule has 0 spiro atoms. The van der Waals surface area contributed by atoms with E-state index in [9.17, 15) is 14.4 Å². The molecule has 3 amide bonds. The summed E-state index contributed by atoms with van der Waals surface area (Å²) in [7, 11) is 1.50. The van der Waals surface area contributed by atoms with Gasteiger partial charge in [0.1, 0.15) is 23.5 Å². The minimum atomic E-state index is -0.664. The van der Waals surface area contributed by atoms with Gasteiger partial charge >= 0.3 is 0 Å². The summed E-state index contributed by atoms with van der Waals surface area (Å²) in [4.78, 5) is 46.8. The Morgan fingerprint density at radius 2 is 1.94 bits per heavy atom. The molecule has 5 rings (SSSR count). The molecule has 192 valence electrons. The van der Waals surface area contributed by atoms with Crippen molar-refractivity contribution in [1.29, 1.82) is 0 Å². The number of anilines is 1. The summed E-state index contributed by atoms with van der Waals surface area (Å²) in [6, 6.07) is 7.87. The van der Waals surface area contributed by atoms with E-state index in [1.165, 1.54) is 13.4 Å². The van der Waals surface area contributed by atoms with Gasteiger partial charge in [-0.05, 0) is 68.5 Å². The molecule has 9 nitrogen and oxygen atoms in total. The molecule has 1 N–H and O–H groups in total. The minimum absolute atomic E-state index is 0.0458. The normalized spacial score (nSPS) is 22.6. The zero-order valence-corrected chi connectivity index (χ0v) is 21.1. The fraction of sp³-hybridized carbons (Fsp3) is 0.519. The van der Waals surface area contributed by atoms with Gasteiger partial charge in [0.05, 0.1) is 25.6 Å². The Hall–Kier alpha value is -3.33. The van der Waals surface area contributed by atoms with Gasteiger partial charge in [-0.15, -0.1) is 0 Å². The number of furan rings is 1. The second-order valence-corrected chi connectivity index (χ2v) is 10.3. The largest absolute Gasteiger partial charge is 0.496 e. The van der Waals surface area contributed by atoms with Gasteiger partial charge < -0.3 is 24.3 Å². The third-order valence-corrected chi connectivity index (χ3v) is 7.45. The summed E-state index contributed by atoms with van der Waals surface area (Å²) in [6.45, 7) is 6.85. The maximum Gasteiger partial charge on any atom is 0.295 e. The number of methoxy groups -OCH3 is 1. The van der Waals surface area contributed by atoms with Crippen LogP contribution in [0.25, 0.3) is 0 Å². The zero-order chi connectivity index (χ0) is 25.4. The van der Waals surface area contributed by atoms with Gasteiger partial charge in [0.15, 0.2) is 5.76 Å². The smallest absolute Gasteiger partial charge is 0.295 e. The molecule has 0 saturated carbocycles. The van der Waals surface area contributed by atoms with Crippen LogP contribution in [0.1, 0.15) is 54.0 Å². The summed E-state index contributed by atoms with van der Waals surface area (Å²) in [5, 5.41) is 3.38. The summed E-state index contributed by atoms with van der Waals surface area (Å²) < 4.78 is 11.0. The van der Waals surface area contributed by atoms with Crippen molar-refractivity contribution in [3.8, 4) is 5.75 Å². The molecule has 1 aromatic carbocycles. The van der Waals surface area contributed by atoms with Crippen LogP contribution in [0, 0.1) is 11.8 Å². The molecule has 1 aromatic heterocycles. The first kappa shape index (κ1) is 24.4. The molecule has 0 aliphatic carbocycles. The van der Waals surface area contributed by atoms with Gasteiger partial charge in [-0.2, -0.15) is 0 Å². The van der Waals surface area contributed by atoms with Crippen LogP contribution in [-0.2, 0) is 4.79 Å². The first-order valence-electron chi connectivity index (χ1n) is 12.8. The van der Waals surface area contributed by atoms with Crippen LogP contribution in [0.5, 0.6) is 5.75 Å². The van der Waals surface area contributed by atoms with Crippen molar-refractivity contribution in [1.82, 2.24) is 15.1 Å². The number of amides is 3. The molecule has 36 heavy (non-hydrogen) atoms. The molecule has 2 saturated heterocycles. The molecule has 4 heterocycles. The van der Waals surface area contributed by atoms with Gasteiger partial charge in [-0.25, -0.2) is 0 Å². The number of hydrogen-bond acceptors (Lipinski definition) is 6. The van der Waals surface area contributed by atoms with E-state index in [1.54, 1.807) is 40.1 Å². The second-order valence-electron chi connectivity index (χ2n) is 10.3. The molecule has 0 radical (unpaired) electrons. The predicted molar refractivity (Wildman–Crippen MR) is 134 cm³/mol. The highest BCUT2D eigenvalue weighted by Gasteiger charge is 2.52. The van der Waals surface area contributed by atoms with E-state index in [0.29, 0.717) is 35.9 Å². The Labute approximate surface area is 211 Å². The quantitative estimate of drug-likeness (QED) is 0.664. The van der Waals surface area contributed by atoms with Crippen LogP contribution < -0.4 is 15.0 Å². The number of piperazine rings is 1. The van der Waals surface area contributed by atoms with Crippen molar-refractivity contribution in [3.05, 3.63) is 47.9 Å². The molecule has 1 unspecified atom stereocenters. The third-order valence-electron chi connectivity index (χ3n) is 7.45. The highest BCUT2D eigenvalue weighted by Crippen LogP contribution is 2.41. The number of hydrogen-bond donors (Lipinski definition) is 1. The number of benzene rings is 1. The third kappa shape index (κ3) is 4.25. The lowest BCUT2D eigenvalue weighted by Crippen LogP contribution is -2.71. The zero-order valence-electron chi connectivity index (χ0n) is 21.1. The topological polar surface area (TPSA) is 95.3 Å². The van der Waals surface area contributed by atoms with Crippen LogP contribution >= 0.6 is 0 Å². The van der Waals surface area contributed by atoms with E-state index < -0.39 is 12.2 Å². The van der Waals surface area contributed by atoms with Gasteiger partial charge in [0.2, 0.25) is 5.91 Å². The lowest BCUT2D eigenvalue weighted by atomic mass is 9.91. The van der Waals surface area contributed by atoms with E-state index in [2.05, 4.69) is 5.32 Å². The number of nitrogens with zero attached hydrogens (tertiary/aromatic N) is 3. The molecule has 3 aliphatic rings. The number of carbonyl (C=O) groups excluding carboxylic acids is 3. The van der Waals surface area contributed by atoms with Crippen molar-refractivity contribution < 1.29 is 23.5 Å². The van der Waals surface area contributed by atoms with E-state index in [1.807, 2.05) is 18.7 Å². The molecule has 2 atom stereocenters. The Morgan fingerprint density at radius 1 is 1.17 bits per heavy atom. The highest BCUT2D eigenvalue weighted by atomic mass is 16.5. The Bertz CT molecular complexity index is 1130. The number of ether oxygens (including phenoxy) is 1. The van der Waals surface area contributed by atoms with Crippen LogP contribution in [0.3, 0.4) is 0 Å². The van der Waals surface area contributed by atoms with Crippen LogP contribution in [0.2, 0.25) is 0 Å². The molecule has 2 aromatic rings.